The average Bonchev–Trinajstić information content (AvgIpc) is 2.29. The molecule has 1 N–H and O–H groups in total. The Hall–Kier alpha value is -0.240. The highest BCUT2D eigenvalue weighted by atomic mass is 35.5. The molecule has 88 valence electrons. The normalized spacial score (nSPS) is 22.1. The van der Waals surface area contributed by atoms with E-state index in [0.29, 0.717) is 17.8 Å². The van der Waals surface area contributed by atoms with Crippen LogP contribution in [0.15, 0.2) is 0 Å². The van der Waals surface area contributed by atoms with Gasteiger partial charge in [-0.1, -0.05) is 26.2 Å². The second-order valence-corrected chi connectivity index (χ2v) is 5.06. The third-order valence-electron chi connectivity index (χ3n) is 3.41. The standard InChI is InChI=1S/C12H22ClNO/c1-9(8-13)12(15)14-10(2)11-6-4-3-5-7-11/h9-11H,3-8H2,1-2H3,(H,14,15)/t9?,10-/m0/s1. The highest BCUT2D eigenvalue weighted by Crippen LogP contribution is 2.26. The van der Waals surface area contributed by atoms with Crippen LogP contribution in [0.5, 0.6) is 0 Å². The van der Waals surface area contributed by atoms with E-state index < -0.39 is 0 Å². The third kappa shape index (κ3) is 4.02. The summed E-state index contributed by atoms with van der Waals surface area (Å²) < 4.78 is 0. The molecule has 1 aliphatic rings. The minimum absolute atomic E-state index is 0.0716. The summed E-state index contributed by atoms with van der Waals surface area (Å²) in [5, 5.41) is 3.08. The molecule has 0 spiro atoms. The van der Waals surface area contributed by atoms with Gasteiger partial charge in [0.2, 0.25) is 5.91 Å². The Bertz CT molecular complexity index is 202. The van der Waals surface area contributed by atoms with Gasteiger partial charge in [-0.25, -0.2) is 0 Å². The van der Waals surface area contributed by atoms with Crippen LogP contribution in [-0.2, 0) is 4.79 Å². The predicted octanol–water partition coefficient (Wildman–Crippen LogP) is 2.95. The molecule has 1 saturated carbocycles. The number of amides is 1. The van der Waals surface area contributed by atoms with Gasteiger partial charge in [0.05, 0.1) is 0 Å². The Morgan fingerprint density at radius 2 is 1.93 bits per heavy atom. The van der Waals surface area contributed by atoms with Gasteiger partial charge in [-0.3, -0.25) is 4.79 Å². The highest BCUT2D eigenvalue weighted by molar-refractivity contribution is 6.19. The molecule has 2 nitrogen and oxygen atoms in total. The summed E-state index contributed by atoms with van der Waals surface area (Å²) in [6.07, 6.45) is 6.51. The van der Waals surface area contributed by atoms with E-state index in [4.69, 9.17) is 11.6 Å². The van der Waals surface area contributed by atoms with Crippen LogP contribution in [0.25, 0.3) is 0 Å². The van der Waals surface area contributed by atoms with Crippen LogP contribution in [0.1, 0.15) is 46.0 Å². The van der Waals surface area contributed by atoms with E-state index in [9.17, 15) is 4.79 Å². The number of halogens is 1. The van der Waals surface area contributed by atoms with Crippen molar-refractivity contribution in [2.75, 3.05) is 5.88 Å². The molecule has 0 bridgehead atoms. The fourth-order valence-electron chi connectivity index (χ4n) is 2.19. The summed E-state index contributed by atoms with van der Waals surface area (Å²) in [5.41, 5.74) is 0. The van der Waals surface area contributed by atoms with Crippen LogP contribution in [0.3, 0.4) is 0 Å². The predicted molar refractivity (Wildman–Crippen MR) is 64.1 cm³/mol. The SMILES string of the molecule is CC(CCl)C(=O)N[C@@H](C)C1CCCCC1. The molecule has 1 rings (SSSR count). The van der Waals surface area contributed by atoms with Crippen LogP contribution in [0, 0.1) is 11.8 Å². The molecule has 3 heteroatoms. The lowest BCUT2D eigenvalue weighted by molar-refractivity contribution is -0.124. The van der Waals surface area contributed by atoms with Gasteiger partial charge < -0.3 is 5.32 Å². The molecule has 0 aromatic rings. The quantitative estimate of drug-likeness (QED) is 0.741. The molecular weight excluding hydrogens is 210 g/mol. The van der Waals surface area contributed by atoms with Crippen molar-refractivity contribution in [2.24, 2.45) is 11.8 Å². The molecule has 1 fully saturated rings. The Morgan fingerprint density at radius 3 is 2.47 bits per heavy atom. The summed E-state index contributed by atoms with van der Waals surface area (Å²) in [7, 11) is 0. The maximum atomic E-state index is 11.6. The summed E-state index contributed by atoms with van der Waals surface area (Å²) in [6.45, 7) is 3.99. The molecule has 1 unspecified atom stereocenters. The molecule has 0 saturated heterocycles. The van der Waals surface area contributed by atoms with Gasteiger partial charge in [0.15, 0.2) is 0 Å². The van der Waals surface area contributed by atoms with Crippen LogP contribution in [0.2, 0.25) is 0 Å². The minimum atomic E-state index is -0.0716. The fourth-order valence-corrected chi connectivity index (χ4v) is 2.33. The number of hydrogen-bond donors (Lipinski definition) is 1. The zero-order valence-electron chi connectivity index (χ0n) is 9.76. The smallest absolute Gasteiger partial charge is 0.224 e. The molecule has 0 heterocycles. The van der Waals surface area contributed by atoms with E-state index in [1.165, 1.54) is 32.1 Å². The van der Waals surface area contributed by atoms with Crippen molar-refractivity contribution >= 4 is 17.5 Å². The van der Waals surface area contributed by atoms with Crippen molar-refractivity contribution in [3.63, 3.8) is 0 Å². The van der Waals surface area contributed by atoms with Gasteiger partial charge in [0, 0.05) is 17.8 Å². The van der Waals surface area contributed by atoms with Crippen molar-refractivity contribution in [3.8, 4) is 0 Å². The van der Waals surface area contributed by atoms with Gasteiger partial charge in [0.1, 0.15) is 0 Å². The van der Waals surface area contributed by atoms with Crippen LogP contribution < -0.4 is 5.32 Å². The molecule has 0 aromatic heterocycles. The van der Waals surface area contributed by atoms with Crippen LogP contribution in [-0.4, -0.2) is 17.8 Å². The monoisotopic (exact) mass is 231 g/mol. The lowest BCUT2D eigenvalue weighted by Crippen LogP contribution is -2.41. The van der Waals surface area contributed by atoms with Crippen molar-refractivity contribution in [3.05, 3.63) is 0 Å². The first-order valence-electron chi connectivity index (χ1n) is 6.01. The van der Waals surface area contributed by atoms with E-state index in [2.05, 4.69) is 12.2 Å². The second-order valence-electron chi connectivity index (χ2n) is 4.75. The number of carbonyl (C=O) groups excluding carboxylic acids is 1. The maximum absolute atomic E-state index is 11.6. The zero-order chi connectivity index (χ0) is 11.3. The lowest BCUT2D eigenvalue weighted by atomic mass is 9.84. The van der Waals surface area contributed by atoms with Gasteiger partial charge >= 0.3 is 0 Å². The molecule has 0 aliphatic heterocycles. The van der Waals surface area contributed by atoms with E-state index in [1.54, 1.807) is 0 Å². The first kappa shape index (κ1) is 12.8. The van der Waals surface area contributed by atoms with E-state index in [-0.39, 0.29) is 11.8 Å². The number of hydrogen-bond acceptors (Lipinski definition) is 1. The molecule has 15 heavy (non-hydrogen) atoms. The van der Waals surface area contributed by atoms with Crippen molar-refractivity contribution in [2.45, 2.75) is 52.0 Å². The van der Waals surface area contributed by atoms with Crippen LogP contribution in [0.4, 0.5) is 0 Å². The van der Waals surface area contributed by atoms with Crippen LogP contribution >= 0.6 is 11.6 Å². The number of nitrogens with one attached hydrogen (secondary N) is 1. The van der Waals surface area contributed by atoms with Gasteiger partial charge in [-0.2, -0.15) is 0 Å². The van der Waals surface area contributed by atoms with E-state index in [1.807, 2.05) is 6.92 Å². The topological polar surface area (TPSA) is 29.1 Å². The molecule has 2 atom stereocenters. The highest BCUT2D eigenvalue weighted by Gasteiger charge is 2.22. The van der Waals surface area contributed by atoms with Gasteiger partial charge in [0.25, 0.3) is 0 Å². The van der Waals surface area contributed by atoms with Gasteiger partial charge in [-0.15, -0.1) is 11.6 Å². The van der Waals surface area contributed by atoms with Crippen molar-refractivity contribution < 1.29 is 4.79 Å². The Morgan fingerprint density at radius 1 is 1.33 bits per heavy atom. The maximum Gasteiger partial charge on any atom is 0.224 e. The Labute approximate surface area is 97.8 Å². The molecular formula is C12H22ClNO. The van der Waals surface area contributed by atoms with Gasteiger partial charge in [-0.05, 0) is 25.7 Å². The number of alkyl halides is 1. The van der Waals surface area contributed by atoms with Crippen molar-refractivity contribution in [1.29, 1.82) is 0 Å². The first-order valence-corrected chi connectivity index (χ1v) is 6.55. The van der Waals surface area contributed by atoms with Crippen molar-refractivity contribution in [1.82, 2.24) is 5.32 Å². The average molecular weight is 232 g/mol. The molecule has 0 aromatic carbocycles. The third-order valence-corrected chi connectivity index (χ3v) is 3.87. The first-order chi connectivity index (χ1) is 7.15. The summed E-state index contributed by atoms with van der Waals surface area (Å²) in [6, 6.07) is 0.309. The molecule has 1 aliphatic carbocycles. The summed E-state index contributed by atoms with van der Waals surface area (Å²) in [4.78, 5) is 11.6. The number of carbonyl (C=O) groups is 1. The number of rotatable bonds is 4. The second kappa shape index (κ2) is 6.37. The lowest BCUT2D eigenvalue weighted by Gasteiger charge is -2.28. The largest absolute Gasteiger partial charge is 0.353 e. The molecule has 1 amide bonds. The van der Waals surface area contributed by atoms with E-state index in [0.717, 1.165) is 0 Å². The fraction of sp³-hybridized carbons (Fsp3) is 0.917. The Kier molecular flexibility index (Phi) is 5.44. The summed E-state index contributed by atoms with van der Waals surface area (Å²) >= 11 is 5.66. The summed E-state index contributed by atoms with van der Waals surface area (Å²) in [5.74, 6) is 1.11. The Balaban J connectivity index is 2.33. The molecule has 0 radical (unpaired) electrons. The zero-order valence-corrected chi connectivity index (χ0v) is 10.5. The minimum Gasteiger partial charge on any atom is -0.353 e. The van der Waals surface area contributed by atoms with E-state index >= 15 is 0 Å².